The number of aliphatic hydroxyl groups is 1. The molecule has 0 spiro atoms. The summed E-state index contributed by atoms with van der Waals surface area (Å²) in [5, 5.41) is 9.35. The summed E-state index contributed by atoms with van der Waals surface area (Å²) in [6.45, 7) is 5.74. The number of amides is 1. The van der Waals surface area contributed by atoms with E-state index in [4.69, 9.17) is 4.74 Å². The van der Waals surface area contributed by atoms with E-state index in [1.54, 1.807) is 11.9 Å². The number of nitrogens with zero attached hydrogens (tertiary/aromatic N) is 1. The summed E-state index contributed by atoms with van der Waals surface area (Å²) in [4.78, 5) is 13.6. The van der Waals surface area contributed by atoms with Gasteiger partial charge in [-0.2, -0.15) is 0 Å². The van der Waals surface area contributed by atoms with E-state index in [2.05, 4.69) is 0 Å². The minimum Gasteiger partial charge on any atom is -0.444 e. The van der Waals surface area contributed by atoms with Crippen LogP contribution in [0, 0.1) is 5.92 Å². The van der Waals surface area contributed by atoms with Gasteiger partial charge in [0.25, 0.3) is 0 Å². The third-order valence-electron chi connectivity index (χ3n) is 3.28. The standard InChI is InChI=1S/C13H25NO3/c1-13(2,3)17-12(16)14(4)11-8-6-5-7-10(11)9-15/h10-11,15H,5-9H2,1-4H3/t10-,11+/m0/s1. The second kappa shape index (κ2) is 5.71. The number of carbonyl (C=O) groups excluding carboxylic acids is 1. The quantitative estimate of drug-likeness (QED) is 0.810. The van der Waals surface area contributed by atoms with Crippen LogP contribution in [0.5, 0.6) is 0 Å². The summed E-state index contributed by atoms with van der Waals surface area (Å²) >= 11 is 0. The van der Waals surface area contributed by atoms with Gasteiger partial charge in [-0.1, -0.05) is 12.8 Å². The SMILES string of the molecule is CN(C(=O)OC(C)(C)C)[C@@H]1CCCC[C@H]1CO. The Morgan fingerprint density at radius 1 is 1.35 bits per heavy atom. The summed E-state index contributed by atoms with van der Waals surface area (Å²) in [6, 6.07) is 0.114. The van der Waals surface area contributed by atoms with Gasteiger partial charge in [0, 0.05) is 25.6 Å². The molecule has 4 nitrogen and oxygen atoms in total. The van der Waals surface area contributed by atoms with Crippen molar-refractivity contribution in [2.75, 3.05) is 13.7 Å². The van der Waals surface area contributed by atoms with E-state index < -0.39 is 5.60 Å². The van der Waals surface area contributed by atoms with Crippen LogP contribution in [0.2, 0.25) is 0 Å². The molecule has 0 radical (unpaired) electrons. The Labute approximate surface area is 104 Å². The zero-order valence-electron chi connectivity index (χ0n) is 11.4. The minimum atomic E-state index is -0.464. The molecule has 1 aliphatic carbocycles. The molecule has 0 heterocycles. The van der Waals surface area contributed by atoms with Crippen molar-refractivity contribution in [3.05, 3.63) is 0 Å². The number of hydrogen-bond acceptors (Lipinski definition) is 3. The molecule has 0 aromatic heterocycles. The van der Waals surface area contributed by atoms with Gasteiger partial charge >= 0.3 is 6.09 Å². The van der Waals surface area contributed by atoms with E-state index in [-0.39, 0.29) is 24.7 Å². The molecule has 100 valence electrons. The summed E-state index contributed by atoms with van der Waals surface area (Å²) in [7, 11) is 1.77. The Bertz CT molecular complexity index is 260. The maximum Gasteiger partial charge on any atom is 0.410 e. The van der Waals surface area contributed by atoms with Crippen LogP contribution in [-0.4, -0.2) is 41.4 Å². The molecule has 1 amide bonds. The zero-order valence-corrected chi connectivity index (χ0v) is 11.4. The molecular formula is C13H25NO3. The number of rotatable bonds is 2. The zero-order chi connectivity index (χ0) is 13.1. The molecule has 1 N–H and O–H groups in total. The molecule has 0 bridgehead atoms. The molecule has 17 heavy (non-hydrogen) atoms. The summed E-state index contributed by atoms with van der Waals surface area (Å²) in [6.07, 6.45) is 3.93. The Morgan fingerprint density at radius 3 is 2.47 bits per heavy atom. The molecule has 4 heteroatoms. The molecule has 1 aliphatic rings. The maximum atomic E-state index is 11.9. The highest BCUT2D eigenvalue weighted by Gasteiger charge is 2.32. The summed E-state index contributed by atoms with van der Waals surface area (Å²) in [5.74, 6) is 0.196. The van der Waals surface area contributed by atoms with Crippen molar-refractivity contribution in [2.45, 2.75) is 58.1 Å². The fraction of sp³-hybridized carbons (Fsp3) is 0.923. The molecule has 0 aliphatic heterocycles. The normalized spacial score (nSPS) is 25.5. The lowest BCUT2D eigenvalue weighted by Gasteiger charge is -2.37. The average Bonchev–Trinajstić information content (AvgIpc) is 2.25. The lowest BCUT2D eigenvalue weighted by Crippen LogP contribution is -2.46. The Morgan fingerprint density at radius 2 is 1.94 bits per heavy atom. The van der Waals surface area contributed by atoms with Gasteiger partial charge < -0.3 is 14.7 Å². The number of carbonyl (C=O) groups is 1. The number of aliphatic hydroxyl groups excluding tert-OH is 1. The topological polar surface area (TPSA) is 49.8 Å². The van der Waals surface area contributed by atoms with Crippen LogP contribution in [0.3, 0.4) is 0 Å². The lowest BCUT2D eigenvalue weighted by atomic mass is 9.84. The molecular weight excluding hydrogens is 218 g/mol. The maximum absolute atomic E-state index is 11.9. The van der Waals surface area contributed by atoms with Crippen molar-refractivity contribution in [1.29, 1.82) is 0 Å². The second-order valence-electron chi connectivity index (χ2n) is 5.89. The van der Waals surface area contributed by atoms with Crippen LogP contribution >= 0.6 is 0 Å². The fourth-order valence-electron chi connectivity index (χ4n) is 2.38. The van der Waals surface area contributed by atoms with Gasteiger partial charge in [0.05, 0.1) is 0 Å². The molecule has 1 fully saturated rings. The first-order valence-corrected chi connectivity index (χ1v) is 6.42. The average molecular weight is 243 g/mol. The van der Waals surface area contributed by atoms with E-state index >= 15 is 0 Å². The number of hydrogen-bond donors (Lipinski definition) is 1. The van der Waals surface area contributed by atoms with E-state index in [1.165, 1.54) is 0 Å². The fourth-order valence-corrected chi connectivity index (χ4v) is 2.38. The van der Waals surface area contributed by atoms with Crippen molar-refractivity contribution >= 4 is 6.09 Å². The first-order valence-electron chi connectivity index (χ1n) is 6.42. The summed E-state index contributed by atoms with van der Waals surface area (Å²) in [5.41, 5.74) is -0.464. The van der Waals surface area contributed by atoms with Gasteiger partial charge in [-0.15, -0.1) is 0 Å². The minimum absolute atomic E-state index is 0.114. The third-order valence-corrected chi connectivity index (χ3v) is 3.28. The number of ether oxygens (including phenoxy) is 1. The van der Waals surface area contributed by atoms with Crippen LogP contribution in [0.4, 0.5) is 4.79 Å². The molecule has 0 unspecified atom stereocenters. The van der Waals surface area contributed by atoms with Gasteiger partial charge in [-0.05, 0) is 33.6 Å². The Hall–Kier alpha value is -0.770. The molecule has 0 saturated heterocycles. The van der Waals surface area contributed by atoms with Crippen LogP contribution in [0.25, 0.3) is 0 Å². The highest BCUT2D eigenvalue weighted by Crippen LogP contribution is 2.28. The van der Waals surface area contributed by atoms with Crippen LogP contribution in [0.1, 0.15) is 46.5 Å². The van der Waals surface area contributed by atoms with E-state index in [9.17, 15) is 9.90 Å². The van der Waals surface area contributed by atoms with E-state index in [0.717, 1.165) is 25.7 Å². The van der Waals surface area contributed by atoms with E-state index in [0.29, 0.717) is 0 Å². The van der Waals surface area contributed by atoms with Gasteiger partial charge in [-0.25, -0.2) is 4.79 Å². The second-order valence-corrected chi connectivity index (χ2v) is 5.89. The Kier molecular flexibility index (Phi) is 4.80. The smallest absolute Gasteiger partial charge is 0.410 e. The highest BCUT2D eigenvalue weighted by molar-refractivity contribution is 5.68. The predicted molar refractivity (Wildman–Crippen MR) is 66.8 cm³/mol. The first kappa shape index (κ1) is 14.3. The molecule has 0 aromatic carbocycles. The third kappa shape index (κ3) is 4.19. The van der Waals surface area contributed by atoms with Crippen LogP contribution < -0.4 is 0 Å². The molecule has 1 rings (SSSR count). The summed E-state index contributed by atoms with van der Waals surface area (Å²) < 4.78 is 5.35. The lowest BCUT2D eigenvalue weighted by molar-refractivity contribution is 0.00620. The largest absolute Gasteiger partial charge is 0.444 e. The van der Waals surface area contributed by atoms with Crippen molar-refractivity contribution in [2.24, 2.45) is 5.92 Å². The van der Waals surface area contributed by atoms with Gasteiger partial charge in [0.15, 0.2) is 0 Å². The van der Waals surface area contributed by atoms with Crippen molar-refractivity contribution in [1.82, 2.24) is 4.90 Å². The van der Waals surface area contributed by atoms with E-state index in [1.807, 2.05) is 20.8 Å². The molecule has 2 atom stereocenters. The van der Waals surface area contributed by atoms with Crippen LogP contribution in [-0.2, 0) is 4.74 Å². The van der Waals surface area contributed by atoms with Crippen molar-refractivity contribution < 1.29 is 14.6 Å². The highest BCUT2D eigenvalue weighted by atomic mass is 16.6. The predicted octanol–water partition coefficient (Wildman–Crippen LogP) is 2.40. The van der Waals surface area contributed by atoms with Crippen LogP contribution in [0.15, 0.2) is 0 Å². The monoisotopic (exact) mass is 243 g/mol. The first-order chi connectivity index (χ1) is 7.85. The van der Waals surface area contributed by atoms with Gasteiger partial charge in [0.2, 0.25) is 0 Å². The van der Waals surface area contributed by atoms with Crippen molar-refractivity contribution in [3.63, 3.8) is 0 Å². The molecule has 1 saturated carbocycles. The van der Waals surface area contributed by atoms with Gasteiger partial charge in [0.1, 0.15) is 5.60 Å². The molecule has 0 aromatic rings. The van der Waals surface area contributed by atoms with Gasteiger partial charge in [-0.3, -0.25) is 0 Å². The van der Waals surface area contributed by atoms with Crippen molar-refractivity contribution in [3.8, 4) is 0 Å². The Balaban J connectivity index is 2.60.